The minimum absolute atomic E-state index is 0.639. The van der Waals surface area contributed by atoms with Crippen LogP contribution in [0.25, 0.3) is 0 Å². The van der Waals surface area contributed by atoms with E-state index in [0.29, 0.717) is 6.44 Å². The fourth-order valence-electron chi connectivity index (χ4n) is 1.07. The molecule has 0 bridgehead atoms. The second-order valence-corrected chi connectivity index (χ2v) is 2.17. The molecule has 0 amide bonds. The van der Waals surface area contributed by atoms with Gasteiger partial charge in [0, 0.05) is 7.11 Å². The van der Waals surface area contributed by atoms with E-state index in [1.54, 1.807) is 0 Å². The molecule has 0 aromatic rings. The number of aliphatic hydroxyl groups excluding tert-OH is 1. The molecule has 1 saturated heterocycles. The quantitative estimate of drug-likeness (QED) is 0.539. The van der Waals surface area contributed by atoms with Crippen LogP contribution in [0.4, 0.5) is 0 Å². The van der Waals surface area contributed by atoms with E-state index in [4.69, 9.17) is 5.11 Å². The molecule has 0 unspecified atom stereocenters. The maximum absolute atomic E-state index is 9.92. The van der Waals surface area contributed by atoms with Crippen molar-refractivity contribution in [3.05, 3.63) is 0 Å². The first kappa shape index (κ1) is 9.78. The maximum atomic E-state index is 9.92. The van der Waals surface area contributed by atoms with Crippen LogP contribution in [-0.2, 0) is 4.70 Å². The van der Waals surface area contributed by atoms with Crippen molar-refractivity contribution in [2.45, 2.75) is 12.8 Å². The van der Waals surface area contributed by atoms with Gasteiger partial charge in [-0.25, -0.2) is 0 Å². The van der Waals surface area contributed by atoms with Crippen LogP contribution in [0.1, 0.15) is 12.8 Å². The van der Waals surface area contributed by atoms with Gasteiger partial charge in [0.2, 0.25) is 0 Å². The Balaban J connectivity index is 0.000000371. The summed E-state index contributed by atoms with van der Waals surface area (Å²) >= 11 is 0. The summed E-state index contributed by atoms with van der Waals surface area (Å²) in [5.74, 6) is 0. The van der Waals surface area contributed by atoms with Crippen molar-refractivity contribution in [1.29, 1.82) is 0 Å². The molecule has 0 atom stereocenters. The first-order valence-corrected chi connectivity index (χ1v) is 3.54. The molecular weight excluding hydrogens is 129 g/mol. The van der Waals surface area contributed by atoms with Gasteiger partial charge in [0.1, 0.15) is 0 Å². The molecule has 1 aliphatic heterocycles. The van der Waals surface area contributed by atoms with Gasteiger partial charge >= 0.3 is 49.1 Å². The standard InChI is InChI=1S/C5H10BNO.CH4O/c8-6-5-7-3-1-2-4-7;1-2/h1-5H2;2H,1H3. The number of hydrogen-bond acceptors (Lipinski definition) is 3. The molecule has 0 radical (unpaired) electrons. The molecule has 1 aliphatic rings. The van der Waals surface area contributed by atoms with Gasteiger partial charge in [-0.05, 0) is 0 Å². The average Bonchev–Trinajstić information content (AvgIpc) is 2.46. The van der Waals surface area contributed by atoms with Crippen LogP contribution in [-0.4, -0.2) is 43.8 Å². The molecule has 1 fully saturated rings. The molecule has 1 N–H and O–H groups in total. The number of nitrogens with zero attached hydrogens (tertiary/aromatic N) is 1. The van der Waals surface area contributed by atoms with Crippen LogP contribution < -0.4 is 0 Å². The molecule has 0 spiro atoms. The Bertz CT molecular complexity index is 83.8. The Hall–Kier alpha value is -0.215. The first-order chi connectivity index (χ1) is 4.93. The molecule has 0 aliphatic carbocycles. The van der Waals surface area contributed by atoms with E-state index in [0.717, 1.165) is 27.3 Å². The minimum atomic E-state index is 0.639. The van der Waals surface area contributed by atoms with Gasteiger partial charge in [0.05, 0.1) is 0 Å². The van der Waals surface area contributed by atoms with Crippen molar-refractivity contribution in [2.24, 2.45) is 0 Å². The summed E-state index contributed by atoms with van der Waals surface area (Å²) in [6.45, 7) is 2.25. The summed E-state index contributed by atoms with van der Waals surface area (Å²) in [6.07, 6.45) is 3.18. The Kier molecular flexibility index (Phi) is 6.75. The van der Waals surface area contributed by atoms with Gasteiger partial charge in [0.15, 0.2) is 0 Å². The van der Waals surface area contributed by atoms with E-state index in [1.807, 2.05) is 0 Å². The third-order valence-corrected chi connectivity index (χ3v) is 1.53. The fourth-order valence-corrected chi connectivity index (χ4v) is 1.07. The molecule has 3 nitrogen and oxygen atoms in total. The molecular formula is C6H14BNO2. The molecule has 1 heterocycles. The van der Waals surface area contributed by atoms with Gasteiger partial charge in [-0.3, -0.25) is 0 Å². The van der Waals surface area contributed by atoms with Gasteiger partial charge in [-0.1, -0.05) is 0 Å². The van der Waals surface area contributed by atoms with Gasteiger partial charge in [-0.15, -0.1) is 0 Å². The molecule has 0 saturated carbocycles. The van der Waals surface area contributed by atoms with Gasteiger partial charge in [-0.2, -0.15) is 0 Å². The molecule has 0 aromatic carbocycles. The molecule has 58 valence electrons. The van der Waals surface area contributed by atoms with Crippen LogP contribution in [0.5, 0.6) is 0 Å². The van der Waals surface area contributed by atoms with E-state index in [1.165, 1.54) is 12.8 Å². The number of rotatable bonds is 2. The molecule has 10 heavy (non-hydrogen) atoms. The van der Waals surface area contributed by atoms with Crippen molar-refractivity contribution >= 4 is 7.15 Å². The monoisotopic (exact) mass is 143 g/mol. The summed E-state index contributed by atoms with van der Waals surface area (Å²) in [7, 11) is 1.98. The normalized spacial score (nSPS) is 17.4. The summed E-state index contributed by atoms with van der Waals surface area (Å²) in [6, 6.07) is 0. The summed E-state index contributed by atoms with van der Waals surface area (Å²) in [4.78, 5) is 2.17. The SMILES string of the molecule is CO.O=BCN1CCCC1. The zero-order valence-electron chi connectivity index (χ0n) is 6.42. The average molecular weight is 143 g/mol. The zero-order valence-corrected chi connectivity index (χ0v) is 6.42. The van der Waals surface area contributed by atoms with Gasteiger partial charge in [0.25, 0.3) is 0 Å². The zero-order chi connectivity index (χ0) is 7.82. The van der Waals surface area contributed by atoms with Crippen LogP contribution >= 0.6 is 0 Å². The predicted octanol–water partition coefficient (Wildman–Crippen LogP) is -0.302. The Labute approximate surface area is 62.3 Å². The Morgan fingerprint density at radius 2 is 1.90 bits per heavy atom. The predicted molar refractivity (Wildman–Crippen MR) is 40.3 cm³/mol. The third-order valence-electron chi connectivity index (χ3n) is 1.53. The van der Waals surface area contributed by atoms with E-state index >= 15 is 0 Å². The van der Waals surface area contributed by atoms with E-state index in [-0.39, 0.29) is 0 Å². The van der Waals surface area contributed by atoms with E-state index in [2.05, 4.69) is 4.90 Å². The second-order valence-electron chi connectivity index (χ2n) is 2.17. The topological polar surface area (TPSA) is 40.5 Å². The van der Waals surface area contributed by atoms with Crippen LogP contribution in [0.3, 0.4) is 0 Å². The third kappa shape index (κ3) is 3.74. The van der Waals surface area contributed by atoms with Gasteiger partial charge < -0.3 is 5.11 Å². The van der Waals surface area contributed by atoms with Crippen LogP contribution in [0.2, 0.25) is 0 Å². The number of aliphatic hydroxyl groups is 1. The number of hydrogen-bond donors (Lipinski definition) is 1. The summed E-state index contributed by atoms with van der Waals surface area (Å²) in [5, 5.41) is 7.00. The Morgan fingerprint density at radius 1 is 1.40 bits per heavy atom. The van der Waals surface area contributed by atoms with E-state index in [9.17, 15) is 4.70 Å². The number of likely N-dealkylation sites (tertiary alicyclic amines) is 1. The van der Waals surface area contributed by atoms with Crippen LogP contribution in [0.15, 0.2) is 0 Å². The second kappa shape index (κ2) is 6.90. The summed E-state index contributed by atoms with van der Waals surface area (Å²) in [5.41, 5.74) is 0. The molecule has 4 heteroatoms. The van der Waals surface area contributed by atoms with Crippen molar-refractivity contribution in [3.8, 4) is 0 Å². The molecule has 0 aromatic heterocycles. The van der Waals surface area contributed by atoms with Crippen molar-refractivity contribution in [1.82, 2.24) is 4.90 Å². The van der Waals surface area contributed by atoms with Crippen molar-refractivity contribution in [3.63, 3.8) is 0 Å². The Morgan fingerprint density at radius 3 is 2.30 bits per heavy atom. The fraction of sp³-hybridized carbons (Fsp3) is 1.00. The van der Waals surface area contributed by atoms with Crippen molar-refractivity contribution < 1.29 is 9.81 Å². The first-order valence-electron chi connectivity index (χ1n) is 3.54. The molecule has 1 rings (SSSR count). The van der Waals surface area contributed by atoms with Crippen molar-refractivity contribution in [2.75, 3.05) is 26.6 Å². The van der Waals surface area contributed by atoms with Crippen LogP contribution in [0, 0.1) is 0 Å². The summed E-state index contributed by atoms with van der Waals surface area (Å²) < 4.78 is 9.92. The van der Waals surface area contributed by atoms with E-state index < -0.39 is 0 Å².